The Morgan fingerprint density at radius 1 is 0.974 bits per heavy atom. The van der Waals surface area contributed by atoms with Crippen LogP contribution in [0.15, 0.2) is 60.8 Å². The Morgan fingerprint density at radius 2 is 1.66 bits per heavy atom. The number of ether oxygens (including phenoxy) is 1. The quantitative estimate of drug-likeness (QED) is 0.428. The first-order chi connectivity index (χ1) is 18.2. The van der Waals surface area contributed by atoms with Crippen LogP contribution in [0.1, 0.15) is 45.2 Å². The summed E-state index contributed by atoms with van der Waals surface area (Å²) in [5.74, 6) is -0.493. The fourth-order valence-corrected chi connectivity index (χ4v) is 4.42. The minimum Gasteiger partial charge on any atom is -0.487 e. The summed E-state index contributed by atoms with van der Waals surface area (Å²) in [5.41, 5.74) is 1.89. The average Bonchev–Trinajstić information content (AvgIpc) is 2.89. The monoisotopic (exact) mass is 520 g/mol. The fraction of sp³-hybridized carbons (Fsp3) is 0.433. The molecule has 0 aliphatic carbocycles. The zero-order chi connectivity index (χ0) is 27.7. The van der Waals surface area contributed by atoms with Gasteiger partial charge in [-0.05, 0) is 61.1 Å². The second-order valence-electron chi connectivity index (χ2n) is 10.4. The van der Waals surface area contributed by atoms with Crippen molar-refractivity contribution in [3.8, 4) is 5.75 Å². The van der Waals surface area contributed by atoms with Crippen LogP contribution in [0.3, 0.4) is 0 Å². The molecular weight excluding hydrogens is 480 g/mol. The maximum atomic E-state index is 13.8. The second-order valence-corrected chi connectivity index (χ2v) is 10.4. The molecule has 38 heavy (non-hydrogen) atoms. The van der Waals surface area contributed by atoms with Crippen molar-refractivity contribution in [1.82, 2.24) is 21.3 Å². The summed E-state index contributed by atoms with van der Waals surface area (Å²) in [5, 5.41) is 11.7. The number of fused-ring (bicyclic) bond motifs is 10. The van der Waals surface area contributed by atoms with E-state index in [9.17, 15) is 14.4 Å². The van der Waals surface area contributed by atoms with Crippen LogP contribution in [0, 0.1) is 11.8 Å². The van der Waals surface area contributed by atoms with Crippen LogP contribution in [-0.4, -0.2) is 49.0 Å². The summed E-state index contributed by atoms with van der Waals surface area (Å²) in [6.45, 7) is 7.86. The highest BCUT2D eigenvalue weighted by atomic mass is 16.5. The van der Waals surface area contributed by atoms with Gasteiger partial charge < -0.3 is 26.0 Å². The molecule has 0 radical (unpaired) electrons. The number of benzene rings is 2. The lowest BCUT2D eigenvalue weighted by Crippen LogP contribution is -2.61. The van der Waals surface area contributed by atoms with E-state index in [4.69, 9.17) is 4.74 Å². The van der Waals surface area contributed by atoms with Crippen LogP contribution in [0.25, 0.3) is 6.08 Å². The predicted octanol–water partition coefficient (Wildman–Crippen LogP) is 3.04. The number of carbonyl (C=O) groups excluding carboxylic acids is 3. The van der Waals surface area contributed by atoms with Crippen LogP contribution in [0.5, 0.6) is 5.75 Å². The highest BCUT2D eigenvalue weighted by Crippen LogP contribution is 2.21. The molecule has 0 saturated heterocycles. The van der Waals surface area contributed by atoms with Gasteiger partial charge in [0.25, 0.3) is 0 Å². The highest BCUT2D eigenvalue weighted by Gasteiger charge is 2.37. The van der Waals surface area contributed by atoms with Gasteiger partial charge in [0.05, 0.1) is 6.04 Å². The molecule has 4 N–H and O–H groups in total. The van der Waals surface area contributed by atoms with Gasteiger partial charge in [0.1, 0.15) is 23.9 Å². The van der Waals surface area contributed by atoms with E-state index in [0.29, 0.717) is 18.6 Å². The number of hydrogen-bond donors (Lipinski definition) is 4. The molecule has 0 aromatic heterocycles. The molecule has 0 fully saturated rings. The SMILES string of the molecule is CNC(Cc1ccccc1)C(=O)NC1C(=O)NC(CC(C)C)C(=O)NC=Cc2ccc(cc2)OC1C(C)C. The van der Waals surface area contributed by atoms with Crippen molar-refractivity contribution in [3.63, 3.8) is 0 Å². The van der Waals surface area contributed by atoms with Crippen LogP contribution in [0.2, 0.25) is 0 Å². The van der Waals surface area contributed by atoms with E-state index in [2.05, 4.69) is 21.3 Å². The fourth-order valence-electron chi connectivity index (χ4n) is 4.42. The third-order valence-electron chi connectivity index (χ3n) is 6.51. The molecule has 2 aliphatic heterocycles. The van der Waals surface area contributed by atoms with Crippen LogP contribution in [0.4, 0.5) is 0 Å². The maximum Gasteiger partial charge on any atom is 0.247 e. The van der Waals surface area contributed by atoms with E-state index >= 15 is 0 Å². The van der Waals surface area contributed by atoms with Gasteiger partial charge in [-0.3, -0.25) is 14.4 Å². The van der Waals surface area contributed by atoms with Crippen molar-refractivity contribution in [2.45, 2.75) is 64.8 Å². The molecule has 0 saturated carbocycles. The predicted molar refractivity (Wildman–Crippen MR) is 149 cm³/mol. The average molecular weight is 521 g/mol. The molecule has 4 rings (SSSR count). The van der Waals surface area contributed by atoms with Crippen LogP contribution < -0.4 is 26.0 Å². The number of rotatable bonds is 8. The van der Waals surface area contributed by atoms with Crippen LogP contribution in [-0.2, 0) is 20.8 Å². The lowest BCUT2D eigenvalue weighted by molar-refractivity contribution is -0.135. The molecular formula is C30H40N4O4. The number of hydrogen-bond acceptors (Lipinski definition) is 5. The van der Waals surface area contributed by atoms with Gasteiger partial charge >= 0.3 is 0 Å². The lowest BCUT2D eigenvalue weighted by atomic mass is 9.96. The second kappa shape index (κ2) is 13.8. The largest absolute Gasteiger partial charge is 0.487 e. The van der Waals surface area contributed by atoms with Gasteiger partial charge in [-0.15, -0.1) is 0 Å². The normalized spacial score (nSPS) is 20.9. The first-order valence-electron chi connectivity index (χ1n) is 13.2. The summed E-state index contributed by atoms with van der Waals surface area (Å²) < 4.78 is 6.31. The van der Waals surface area contributed by atoms with Crippen molar-refractivity contribution in [3.05, 3.63) is 71.9 Å². The molecule has 4 unspecified atom stereocenters. The van der Waals surface area contributed by atoms with Gasteiger partial charge in [0.2, 0.25) is 17.7 Å². The first kappa shape index (κ1) is 28.9. The van der Waals surface area contributed by atoms with E-state index in [1.165, 1.54) is 0 Å². The number of carbonyl (C=O) groups is 3. The molecule has 8 nitrogen and oxygen atoms in total. The van der Waals surface area contributed by atoms with Crippen molar-refractivity contribution < 1.29 is 19.1 Å². The van der Waals surface area contributed by atoms with E-state index in [0.717, 1.165) is 11.1 Å². The van der Waals surface area contributed by atoms with E-state index in [-0.39, 0.29) is 23.7 Å². The highest BCUT2D eigenvalue weighted by molar-refractivity contribution is 5.94. The van der Waals surface area contributed by atoms with E-state index in [1.54, 1.807) is 19.3 Å². The zero-order valence-electron chi connectivity index (χ0n) is 22.9. The third-order valence-corrected chi connectivity index (χ3v) is 6.51. The maximum absolute atomic E-state index is 13.8. The summed E-state index contributed by atoms with van der Waals surface area (Å²) in [6.07, 6.45) is 3.58. The smallest absolute Gasteiger partial charge is 0.247 e. The summed E-state index contributed by atoms with van der Waals surface area (Å²) in [4.78, 5) is 40.3. The molecule has 3 amide bonds. The van der Waals surface area contributed by atoms with Gasteiger partial charge in [-0.1, -0.05) is 70.2 Å². The standard InChI is InChI=1S/C30H40N4O4/c1-19(2)17-25-28(35)32-16-15-21-11-13-23(14-12-21)38-27(20(3)4)26(30(37)33-25)34-29(36)24(31-5)18-22-9-7-6-8-10-22/h6-16,19-20,24-27,31H,17-18H2,1-5H3,(H,32,35)(H,33,37)(H,34,36). The molecule has 2 bridgehead atoms. The van der Waals surface area contributed by atoms with Crippen molar-refractivity contribution in [2.24, 2.45) is 11.8 Å². The van der Waals surface area contributed by atoms with Gasteiger partial charge in [0.15, 0.2) is 0 Å². The Hall–Kier alpha value is -3.65. The van der Waals surface area contributed by atoms with Gasteiger partial charge in [-0.2, -0.15) is 0 Å². The Balaban J connectivity index is 1.95. The summed E-state index contributed by atoms with van der Waals surface area (Å²) in [7, 11) is 1.72. The van der Waals surface area contributed by atoms with Crippen molar-refractivity contribution >= 4 is 23.8 Å². The van der Waals surface area contributed by atoms with E-state index < -0.39 is 30.1 Å². The number of likely N-dealkylation sites (N-methyl/N-ethyl adjacent to an activating group) is 1. The van der Waals surface area contributed by atoms with Crippen molar-refractivity contribution in [2.75, 3.05) is 7.05 Å². The minimum absolute atomic E-state index is 0.127. The molecule has 0 spiro atoms. The summed E-state index contributed by atoms with van der Waals surface area (Å²) >= 11 is 0. The summed E-state index contributed by atoms with van der Waals surface area (Å²) in [6, 6.07) is 14.7. The Bertz CT molecular complexity index is 1100. The zero-order valence-corrected chi connectivity index (χ0v) is 22.9. The van der Waals surface area contributed by atoms with E-state index in [1.807, 2.05) is 82.3 Å². The third kappa shape index (κ3) is 8.18. The topological polar surface area (TPSA) is 109 Å². The van der Waals surface area contributed by atoms with Crippen molar-refractivity contribution in [1.29, 1.82) is 0 Å². The molecule has 4 atom stereocenters. The van der Waals surface area contributed by atoms with Crippen LogP contribution >= 0.6 is 0 Å². The Morgan fingerprint density at radius 3 is 2.26 bits per heavy atom. The van der Waals surface area contributed by atoms with Gasteiger partial charge in [-0.25, -0.2) is 0 Å². The Kier molecular flexibility index (Phi) is 10.5. The number of amides is 3. The molecule has 204 valence electrons. The lowest BCUT2D eigenvalue weighted by Gasteiger charge is -2.33. The minimum atomic E-state index is -1.03. The Labute approximate surface area is 225 Å². The molecule has 2 aliphatic rings. The number of nitrogens with one attached hydrogen (secondary N) is 4. The van der Waals surface area contributed by atoms with Gasteiger partial charge in [0, 0.05) is 6.20 Å². The molecule has 2 aromatic rings. The molecule has 2 heterocycles. The first-order valence-corrected chi connectivity index (χ1v) is 13.2. The molecule has 2 aromatic carbocycles. The molecule has 8 heteroatoms.